The lowest BCUT2D eigenvalue weighted by atomic mass is 10.00. The Balaban J connectivity index is 3.11. The van der Waals surface area contributed by atoms with E-state index in [1.54, 1.807) is 0 Å². The van der Waals surface area contributed by atoms with Gasteiger partial charge in [-0.3, -0.25) is 4.79 Å². The number of hydrogen-bond donors (Lipinski definition) is 4. The van der Waals surface area contributed by atoms with Gasteiger partial charge in [0, 0.05) is 0 Å². The summed E-state index contributed by atoms with van der Waals surface area (Å²) in [5.74, 6) is -2.74. The average Bonchev–Trinajstić information content (AvgIpc) is 2.22. The van der Waals surface area contributed by atoms with E-state index in [1.807, 2.05) is 0 Å². The summed E-state index contributed by atoms with van der Waals surface area (Å²) in [5.41, 5.74) is 5.94. The molecule has 0 radical (unpaired) electrons. The number of aliphatic carboxylic acids is 1. The summed E-state index contributed by atoms with van der Waals surface area (Å²) in [6, 6.07) is 1.65. The third-order valence-corrected chi connectivity index (χ3v) is 2.36. The number of aromatic hydroxyl groups is 1. The van der Waals surface area contributed by atoms with E-state index in [0.29, 0.717) is 11.1 Å². The summed E-state index contributed by atoms with van der Waals surface area (Å²) < 4.78 is 0. The van der Waals surface area contributed by atoms with Gasteiger partial charge >= 0.3 is 11.9 Å². The van der Waals surface area contributed by atoms with Crippen LogP contribution in [-0.4, -0.2) is 33.3 Å². The van der Waals surface area contributed by atoms with Crippen molar-refractivity contribution in [1.82, 2.24) is 0 Å². The monoisotopic (exact) mass is 239 g/mol. The lowest BCUT2D eigenvalue weighted by Crippen LogP contribution is -2.32. The van der Waals surface area contributed by atoms with Crippen molar-refractivity contribution in [3.63, 3.8) is 0 Å². The topological polar surface area (TPSA) is 121 Å². The SMILES string of the molecule is Cc1cc(CC(N)C(=O)O)cc(C(=O)O)c1O. The van der Waals surface area contributed by atoms with Crippen LogP contribution in [0.25, 0.3) is 0 Å². The highest BCUT2D eigenvalue weighted by Crippen LogP contribution is 2.24. The van der Waals surface area contributed by atoms with Crippen molar-refractivity contribution in [1.29, 1.82) is 0 Å². The lowest BCUT2D eigenvalue weighted by molar-refractivity contribution is -0.138. The number of hydrogen-bond acceptors (Lipinski definition) is 4. The van der Waals surface area contributed by atoms with Crippen molar-refractivity contribution < 1.29 is 24.9 Å². The maximum Gasteiger partial charge on any atom is 0.339 e. The molecule has 0 aromatic heterocycles. The molecule has 0 saturated heterocycles. The van der Waals surface area contributed by atoms with Gasteiger partial charge in [0.2, 0.25) is 0 Å². The van der Waals surface area contributed by atoms with Crippen molar-refractivity contribution in [2.75, 3.05) is 0 Å². The molecule has 0 saturated carbocycles. The molecule has 17 heavy (non-hydrogen) atoms. The van der Waals surface area contributed by atoms with Gasteiger partial charge in [0.25, 0.3) is 0 Å². The summed E-state index contributed by atoms with van der Waals surface area (Å²) in [4.78, 5) is 21.4. The number of carboxylic acid groups (broad SMARTS) is 2. The van der Waals surface area contributed by atoms with E-state index in [-0.39, 0.29) is 17.7 Å². The van der Waals surface area contributed by atoms with Crippen molar-refractivity contribution in [2.45, 2.75) is 19.4 Å². The van der Waals surface area contributed by atoms with E-state index >= 15 is 0 Å². The molecule has 6 nitrogen and oxygen atoms in total. The maximum absolute atomic E-state index is 10.8. The lowest BCUT2D eigenvalue weighted by Gasteiger charge is -2.10. The fourth-order valence-electron chi connectivity index (χ4n) is 1.48. The van der Waals surface area contributed by atoms with Gasteiger partial charge in [0.1, 0.15) is 17.4 Å². The van der Waals surface area contributed by atoms with Gasteiger partial charge in [0.05, 0.1) is 0 Å². The third-order valence-electron chi connectivity index (χ3n) is 2.36. The molecule has 92 valence electrons. The van der Waals surface area contributed by atoms with Crippen molar-refractivity contribution >= 4 is 11.9 Å². The summed E-state index contributed by atoms with van der Waals surface area (Å²) in [5, 5.41) is 27.0. The summed E-state index contributed by atoms with van der Waals surface area (Å²) in [7, 11) is 0. The molecule has 1 aromatic carbocycles. The van der Waals surface area contributed by atoms with Gasteiger partial charge in [-0.05, 0) is 30.5 Å². The average molecular weight is 239 g/mol. The van der Waals surface area contributed by atoms with E-state index in [2.05, 4.69) is 0 Å². The van der Waals surface area contributed by atoms with Crippen LogP contribution in [-0.2, 0) is 11.2 Å². The second-order valence-electron chi connectivity index (χ2n) is 3.76. The molecular weight excluding hydrogens is 226 g/mol. The van der Waals surface area contributed by atoms with Crippen molar-refractivity contribution in [3.05, 3.63) is 28.8 Å². The molecule has 0 amide bonds. The Morgan fingerprint density at radius 1 is 1.35 bits per heavy atom. The van der Waals surface area contributed by atoms with Gasteiger partial charge in [-0.25, -0.2) is 4.79 Å². The number of aryl methyl sites for hydroxylation is 1. The molecule has 1 aromatic rings. The summed E-state index contributed by atoms with van der Waals surface area (Å²) >= 11 is 0. The van der Waals surface area contributed by atoms with E-state index in [1.165, 1.54) is 19.1 Å². The number of carboxylic acids is 2. The number of benzene rings is 1. The van der Waals surface area contributed by atoms with Crippen LogP contribution >= 0.6 is 0 Å². The molecule has 5 N–H and O–H groups in total. The Morgan fingerprint density at radius 2 is 1.94 bits per heavy atom. The normalized spacial score (nSPS) is 12.1. The second kappa shape index (κ2) is 4.84. The Labute approximate surface area is 97.3 Å². The molecule has 1 atom stereocenters. The van der Waals surface area contributed by atoms with E-state index in [9.17, 15) is 14.7 Å². The Bertz CT molecular complexity index is 469. The van der Waals surface area contributed by atoms with Crippen LogP contribution < -0.4 is 5.73 Å². The maximum atomic E-state index is 10.8. The van der Waals surface area contributed by atoms with Crippen LogP contribution in [0, 0.1) is 6.92 Å². The first-order chi connectivity index (χ1) is 7.82. The van der Waals surface area contributed by atoms with Gasteiger partial charge in [-0.15, -0.1) is 0 Å². The minimum Gasteiger partial charge on any atom is -0.507 e. The van der Waals surface area contributed by atoms with Gasteiger partial charge < -0.3 is 21.1 Å². The van der Waals surface area contributed by atoms with Gasteiger partial charge in [-0.1, -0.05) is 6.07 Å². The fraction of sp³-hybridized carbons (Fsp3) is 0.273. The predicted octanol–water partition coefficient (Wildman–Crippen LogP) is 0.353. The van der Waals surface area contributed by atoms with E-state index in [4.69, 9.17) is 15.9 Å². The Hall–Kier alpha value is -2.08. The highest BCUT2D eigenvalue weighted by molar-refractivity contribution is 5.91. The van der Waals surface area contributed by atoms with Gasteiger partial charge in [0.15, 0.2) is 0 Å². The molecule has 0 aliphatic rings. The predicted molar refractivity (Wildman–Crippen MR) is 59.1 cm³/mol. The second-order valence-corrected chi connectivity index (χ2v) is 3.76. The molecule has 0 heterocycles. The number of aromatic carboxylic acids is 1. The van der Waals surface area contributed by atoms with Crippen LogP contribution in [0.2, 0.25) is 0 Å². The molecular formula is C11H13NO5. The molecule has 0 spiro atoms. The molecule has 1 unspecified atom stereocenters. The smallest absolute Gasteiger partial charge is 0.339 e. The first-order valence-corrected chi connectivity index (χ1v) is 4.87. The quantitative estimate of drug-likeness (QED) is 0.601. The Kier molecular flexibility index (Phi) is 3.69. The summed E-state index contributed by atoms with van der Waals surface area (Å²) in [6.07, 6.45) is 0.0106. The van der Waals surface area contributed by atoms with Crippen LogP contribution in [0.4, 0.5) is 0 Å². The highest BCUT2D eigenvalue weighted by atomic mass is 16.4. The number of phenols is 1. The van der Waals surface area contributed by atoms with Crippen LogP contribution in [0.15, 0.2) is 12.1 Å². The minimum absolute atomic E-state index is 0.0106. The Morgan fingerprint density at radius 3 is 2.41 bits per heavy atom. The van der Waals surface area contributed by atoms with Crippen molar-refractivity contribution in [3.8, 4) is 5.75 Å². The van der Waals surface area contributed by atoms with Gasteiger partial charge in [-0.2, -0.15) is 0 Å². The van der Waals surface area contributed by atoms with Crippen LogP contribution in [0.5, 0.6) is 5.75 Å². The number of carbonyl (C=O) groups is 2. The molecule has 0 aliphatic heterocycles. The molecule has 6 heteroatoms. The minimum atomic E-state index is -1.27. The molecule has 0 aliphatic carbocycles. The first kappa shape index (κ1) is 13.0. The molecule has 1 rings (SSSR count). The standard InChI is InChI=1S/C11H13NO5/c1-5-2-6(4-8(12)11(16)17)3-7(9(5)13)10(14)15/h2-3,8,13H,4,12H2,1H3,(H,14,15)(H,16,17). The number of nitrogens with two attached hydrogens (primary N) is 1. The molecule has 0 fully saturated rings. The van der Waals surface area contributed by atoms with E-state index < -0.39 is 18.0 Å². The summed E-state index contributed by atoms with van der Waals surface area (Å²) in [6.45, 7) is 1.54. The highest BCUT2D eigenvalue weighted by Gasteiger charge is 2.17. The first-order valence-electron chi connectivity index (χ1n) is 4.87. The third kappa shape index (κ3) is 2.94. The van der Waals surface area contributed by atoms with E-state index in [0.717, 1.165) is 0 Å². The number of rotatable bonds is 4. The molecule has 0 bridgehead atoms. The van der Waals surface area contributed by atoms with Crippen LogP contribution in [0.3, 0.4) is 0 Å². The fourth-order valence-corrected chi connectivity index (χ4v) is 1.48. The largest absolute Gasteiger partial charge is 0.507 e. The zero-order valence-electron chi connectivity index (χ0n) is 9.17. The zero-order valence-corrected chi connectivity index (χ0v) is 9.17. The van der Waals surface area contributed by atoms with Crippen LogP contribution in [0.1, 0.15) is 21.5 Å². The van der Waals surface area contributed by atoms with Crippen molar-refractivity contribution in [2.24, 2.45) is 5.73 Å². The zero-order chi connectivity index (χ0) is 13.2.